The predicted molar refractivity (Wildman–Crippen MR) is 62.9 cm³/mol. The van der Waals surface area contributed by atoms with Gasteiger partial charge in [-0.2, -0.15) is 13.2 Å². The van der Waals surface area contributed by atoms with Gasteiger partial charge in [-0.1, -0.05) is 6.92 Å². The molecular weight excluding hydrogens is 263 g/mol. The van der Waals surface area contributed by atoms with Gasteiger partial charge in [0.05, 0.1) is 6.10 Å². The van der Waals surface area contributed by atoms with E-state index in [1.165, 1.54) is 4.90 Å². The van der Waals surface area contributed by atoms with Gasteiger partial charge < -0.3 is 9.84 Å². The number of carbonyl (C=O) groups is 1. The van der Waals surface area contributed by atoms with E-state index in [2.05, 4.69) is 0 Å². The summed E-state index contributed by atoms with van der Waals surface area (Å²) in [6, 6.07) is 0. The number of carboxylic acid groups (broad SMARTS) is 1. The summed E-state index contributed by atoms with van der Waals surface area (Å²) < 4.78 is 43.3. The minimum absolute atomic E-state index is 0.0867. The Morgan fingerprint density at radius 2 is 2.21 bits per heavy atom. The van der Waals surface area contributed by atoms with Gasteiger partial charge in [0.1, 0.15) is 0 Å². The van der Waals surface area contributed by atoms with Crippen molar-refractivity contribution in [2.45, 2.75) is 38.5 Å². The highest BCUT2D eigenvalue weighted by atomic mass is 19.4. The van der Waals surface area contributed by atoms with E-state index in [0.717, 1.165) is 19.3 Å². The number of rotatable bonds is 6. The number of aliphatic carboxylic acids is 1. The first-order valence-corrected chi connectivity index (χ1v) is 6.48. The van der Waals surface area contributed by atoms with Crippen LogP contribution in [0.3, 0.4) is 0 Å². The smallest absolute Gasteiger partial charge is 0.403 e. The lowest BCUT2D eigenvalue weighted by Gasteiger charge is -2.34. The van der Waals surface area contributed by atoms with Gasteiger partial charge in [-0.25, -0.2) is 0 Å². The molecule has 0 radical (unpaired) electrons. The number of hydrogen-bond acceptors (Lipinski definition) is 3. The first kappa shape index (κ1) is 16.2. The lowest BCUT2D eigenvalue weighted by molar-refractivity contribution is -0.197. The second-order valence-corrected chi connectivity index (χ2v) is 4.83. The average molecular weight is 283 g/mol. The van der Waals surface area contributed by atoms with Crippen molar-refractivity contribution in [2.24, 2.45) is 5.92 Å². The third-order valence-corrected chi connectivity index (χ3v) is 3.15. The number of ether oxygens (including phenoxy) is 1. The standard InChI is InChI=1S/C12H20F3NO3/c1-2-6-19-9-4-3-5-16(7-9)8-10(11(17)18)12(13,14)15/h9-10H,2-8H2,1H3,(H,17,18). The van der Waals surface area contributed by atoms with E-state index in [-0.39, 0.29) is 6.10 Å². The summed E-state index contributed by atoms with van der Waals surface area (Å²) in [4.78, 5) is 12.2. The van der Waals surface area contributed by atoms with Crippen LogP contribution < -0.4 is 0 Å². The fraction of sp³-hybridized carbons (Fsp3) is 0.917. The van der Waals surface area contributed by atoms with Crippen LogP contribution in [0.25, 0.3) is 0 Å². The SMILES string of the molecule is CCCOC1CCCN(CC(C(=O)O)C(F)(F)F)C1. The number of hydrogen-bond donors (Lipinski definition) is 1. The minimum atomic E-state index is -4.71. The van der Waals surface area contributed by atoms with Crippen LogP contribution in [0, 0.1) is 5.92 Å². The predicted octanol–water partition coefficient (Wildman–Crippen LogP) is 2.14. The maximum atomic E-state index is 12.6. The first-order valence-electron chi connectivity index (χ1n) is 6.48. The highest BCUT2D eigenvalue weighted by Crippen LogP contribution is 2.28. The van der Waals surface area contributed by atoms with Crippen LogP contribution in [0.5, 0.6) is 0 Å². The third kappa shape index (κ3) is 5.36. The Kier molecular flexibility index (Phi) is 6.06. The zero-order valence-electron chi connectivity index (χ0n) is 10.9. The zero-order chi connectivity index (χ0) is 14.5. The number of piperidine rings is 1. The molecule has 0 aromatic carbocycles. The molecule has 0 aromatic heterocycles. The molecular formula is C12H20F3NO3. The zero-order valence-corrected chi connectivity index (χ0v) is 10.9. The number of likely N-dealkylation sites (tertiary alicyclic amines) is 1. The molecule has 19 heavy (non-hydrogen) atoms. The summed E-state index contributed by atoms with van der Waals surface area (Å²) in [6.07, 6.45) is -2.38. The van der Waals surface area contributed by atoms with Gasteiger partial charge in [0.2, 0.25) is 0 Å². The summed E-state index contributed by atoms with van der Waals surface area (Å²) in [5, 5.41) is 8.67. The van der Waals surface area contributed by atoms with Crippen molar-refractivity contribution >= 4 is 5.97 Å². The van der Waals surface area contributed by atoms with Gasteiger partial charge >= 0.3 is 12.1 Å². The highest BCUT2D eigenvalue weighted by Gasteiger charge is 2.46. The van der Waals surface area contributed by atoms with Crippen molar-refractivity contribution in [3.8, 4) is 0 Å². The van der Waals surface area contributed by atoms with E-state index in [9.17, 15) is 18.0 Å². The lowest BCUT2D eigenvalue weighted by atomic mass is 10.0. The van der Waals surface area contributed by atoms with Gasteiger partial charge in [0, 0.05) is 19.7 Å². The minimum Gasteiger partial charge on any atom is -0.481 e. The molecule has 1 fully saturated rings. The number of halogens is 3. The second-order valence-electron chi connectivity index (χ2n) is 4.83. The molecule has 0 saturated carbocycles. The van der Waals surface area contributed by atoms with Crippen molar-refractivity contribution in [1.29, 1.82) is 0 Å². The fourth-order valence-electron chi connectivity index (χ4n) is 2.18. The molecule has 1 aliphatic rings. The van der Waals surface area contributed by atoms with Crippen LogP contribution in [-0.4, -0.2) is 54.5 Å². The van der Waals surface area contributed by atoms with E-state index in [0.29, 0.717) is 19.7 Å². The van der Waals surface area contributed by atoms with Crippen molar-refractivity contribution in [3.05, 3.63) is 0 Å². The molecule has 2 atom stereocenters. The van der Waals surface area contributed by atoms with Crippen molar-refractivity contribution in [1.82, 2.24) is 4.90 Å². The third-order valence-electron chi connectivity index (χ3n) is 3.15. The Morgan fingerprint density at radius 3 is 2.74 bits per heavy atom. The number of alkyl halides is 3. The van der Waals surface area contributed by atoms with E-state index < -0.39 is 24.6 Å². The topological polar surface area (TPSA) is 49.8 Å². The molecule has 0 aliphatic carbocycles. The van der Waals surface area contributed by atoms with Crippen molar-refractivity contribution < 1.29 is 27.8 Å². The van der Waals surface area contributed by atoms with Crippen LogP contribution in [-0.2, 0) is 9.53 Å². The molecule has 1 saturated heterocycles. The van der Waals surface area contributed by atoms with Gasteiger partial charge in [-0.3, -0.25) is 9.69 Å². The first-order chi connectivity index (χ1) is 8.84. The second kappa shape index (κ2) is 7.09. The largest absolute Gasteiger partial charge is 0.481 e. The molecule has 0 aromatic rings. The Morgan fingerprint density at radius 1 is 1.53 bits per heavy atom. The summed E-state index contributed by atoms with van der Waals surface area (Å²) >= 11 is 0. The van der Waals surface area contributed by atoms with E-state index >= 15 is 0 Å². The van der Waals surface area contributed by atoms with E-state index in [1.54, 1.807) is 0 Å². The van der Waals surface area contributed by atoms with Gasteiger partial charge in [0.15, 0.2) is 5.92 Å². The molecule has 2 unspecified atom stereocenters. The Bertz CT molecular complexity index is 296. The van der Waals surface area contributed by atoms with Crippen LogP contribution in [0.4, 0.5) is 13.2 Å². The maximum absolute atomic E-state index is 12.6. The molecule has 4 nitrogen and oxygen atoms in total. The monoisotopic (exact) mass is 283 g/mol. The number of carboxylic acids is 1. The summed E-state index contributed by atoms with van der Waals surface area (Å²) in [7, 11) is 0. The Labute approximate surface area is 110 Å². The summed E-state index contributed by atoms with van der Waals surface area (Å²) in [6.45, 7) is 2.92. The van der Waals surface area contributed by atoms with Crippen LogP contribution in [0.15, 0.2) is 0 Å². The van der Waals surface area contributed by atoms with E-state index in [4.69, 9.17) is 9.84 Å². The molecule has 1 aliphatic heterocycles. The Balaban J connectivity index is 2.52. The molecule has 1 rings (SSSR count). The van der Waals surface area contributed by atoms with Gasteiger partial charge in [0.25, 0.3) is 0 Å². The lowest BCUT2D eigenvalue weighted by Crippen LogP contribution is -2.47. The summed E-state index contributed by atoms with van der Waals surface area (Å²) in [5.74, 6) is -4.14. The molecule has 1 N–H and O–H groups in total. The molecule has 0 spiro atoms. The molecule has 0 amide bonds. The quantitative estimate of drug-likeness (QED) is 0.811. The Hall–Kier alpha value is -0.820. The molecule has 112 valence electrons. The van der Waals surface area contributed by atoms with Crippen molar-refractivity contribution in [2.75, 3.05) is 26.2 Å². The molecule has 1 heterocycles. The highest BCUT2D eigenvalue weighted by molar-refractivity contribution is 5.71. The number of nitrogens with zero attached hydrogens (tertiary/aromatic N) is 1. The van der Waals surface area contributed by atoms with Crippen LogP contribution in [0.1, 0.15) is 26.2 Å². The molecule has 7 heteroatoms. The summed E-state index contributed by atoms with van der Waals surface area (Å²) in [5.41, 5.74) is 0. The van der Waals surface area contributed by atoms with Crippen LogP contribution >= 0.6 is 0 Å². The van der Waals surface area contributed by atoms with E-state index in [1.807, 2.05) is 6.92 Å². The van der Waals surface area contributed by atoms with Crippen LogP contribution in [0.2, 0.25) is 0 Å². The average Bonchev–Trinajstić information content (AvgIpc) is 2.32. The van der Waals surface area contributed by atoms with Gasteiger partial charge in [-0.15, -0.1) is 0 Å². The van der Waals surface area contributed by atoms with Gasteiger partial charge in [-0.05, 0) is 25.8 Å². The molecule has 0 bridgehead atoms. The maximum Gasteiger partial charge on any atom is 0.403 e. The van der Waals surface area contributed by atoms with Crippen molar-refractivity contribution in [3.63, 3.8) is 0 Å². The normalized spacial score (nSPS) is 23.3. The fourth-order valence-corrected chi connectivity index (χ4v) is 2.18.